The van der Waals surface area contributed by atoms with Crippen LogP contribution < -0.4 is 16.2 Å². The number of benzene rings is 1. The maximum Gasteiger partial charge on any atom is 0.266 e. The molecule has 3 heterocycles. The van der Waals surface area contributed by atoms with Crippen molar-refractivity contribution in [2.75, 3.05) is 11.9 Å². The summed E-state index contributed by atoms with van der Waals surface area (Å²) in [6.45, 7) is 4.91. The minimum absolute atomic E-state index is 0.0454. The van der Waals surface area contributed by atoms with E-state index in [0.717, 1.165) is 31.5 Å². The third kappa shape index (κ3) is 3.75. The molecule has 2 aromatic heterocycles. The molecule has 2 amide bonds. The molecule has 3 aromatic rings. The van der Waals surface area contributed by atoms with Crippen LogP contribution in [0.25, 0.3) is 10.2 Å². The summed E-state index contributed by atoms with van der Waals surface area (Å²) in [5, 5.41) is 6.14. The topological polar surface area (TPSA) is 93.1 Å². The highest BCUT2D eigenvalue weighted by Gasteiger charge is 2.22. The van der Waals surface area contributed by atoms with Gasteiger partial charge in [-0.2, -0.15) is 0 Å². The quantitative estimate of drug-likeness (QED) is 0.670. The van der Waals surface area contributed by atoms with E-state index in [-0.39, 0.29) is 17.4 Å². The lowest BCUT2D eigenvalue weighted by molar-refractivity contribution is 0.0955. The molecule has 0 atom stereocenters. The maximum absolute atomic E-state index is 13.1. The average molecular weight is 425 g/mol. The lowest BCUT2D eigenvalue weighted by Gasteiger charge is -2.08. The van der Waals surface area contributed by atoms with Crippen LogP contribution in [-0.2, 0) is 13.0 Å². The summed E-state index contributed by atoms with van der Waals surface area (Å²) in [6, 6.07) is 6.73. The van der Waals surface area contributed by atoms with Crippen molar-refractivity contribution in [1.29, 1.82) is 0 Å². The van der Waals surface area contributed by atoms with Crippen molar-refractivity contribution >= 4 is 39.1 Å². The number of amides is 2. The second-order valence-corrected chi connectivity index (χ2v) is 8.42. The first-order valence-corrected chi connectivity index (χ1v) is 11.0. The van der Waals surface area contributed by atoms with Crippen LogP contribution in [0.3, 0.4) is 0 Å². The first kappa shape index (κ1) is 20.3. The van der Waals surface area contributed by atoms with Gasteiger partial charge < -0.3 is 10.6 Å². The van der Waals surface area contributed by atoms with Gasteiger partial charge in [0.2, 0.25) is 0 Å². The van der Waals surface area contributed by atoms with E-state index in [9.17, 15) is 14.4 Å². The molecule has 1 aliphatic heterocycles. The molecule has 30 heavy (non-hydrogen) atoms. The minimum Gasteiger partial charge on any atom is -0.352 e. The third-order valence-electron chi connectivity index (χ3n) is 5.36. The number of nitrogens with zero attached hydrogens (tertiary/aromatic N) is 2. The van der Waals surface area contributed by atoms with Gasteiger partial charge >= 0.3 is 0 Å². The highest BCUT2D eigenvalue weighted by Crippen LogP contribution is 2.29. The van der Waals surface area contributed by atoms with Gasteiger partial charge in [-0.05, 0) is 56.5 Å². The summed E-state index contributed by atoms with van der Waals surface area (Å²) in [4.78, 5) is 43.7. The van der Waals surface area contributed by atoms with E-state index < -0.39 is 0 Å². The molecule has 156 valence electrons. The number of nitrogens with one attached hydrogen (secondary N) is 2. The largest absolute Gasteiger partial charge is 0.352 e. The molecular weight excluding hydrogens is 400 g/mol. The second kappa shape index (κ2) is 8.39. The molecule has 8 heteroatoms. The highest BCUT2D eigenvalue weighted by atomic mass is 32.1. The Kier molecular flexibility index (Phi) is 5.67. The van der Waals surface area contributed by atoms with Gasteiger partial charge in [-0.3, -0.25) is 19.0 Å². The Morgan fingerprint density at radius 1 is 1.13 bits per heavy atom. The van der Waals surface area contributed by atoms with E-state index in [2.05, 4.69) is 10.6 Å². The van der Waals surface area contributed by atoms with Crippen LogP contribution in [0.15, 0.2) is 29.1 Å². The van der Waals surface area contributed by atoms with Gasteiger partial charge in [0.25, 0.3) is 17.4 Å². The molecule has 7 nitrogen and oxygen atoms in total. The van der Waals surface area contributed by atoms with E-state index in [0.29, 0.717) is 45.0 Å². The van der Waals surface area contributed by atoms with E-state index in [4.69, 9.17) is 4.98 Å². The third-order valence-corrected chi connectivity index (χ3v) is 6.54. The van der Waals surface area contributed by atoms with Crippen LogP contribution >= 0.6 is 11.3 Å². The number of hydrogen-bond donors (Lipinski definition) is 2. The first-order valence-electron chi connectivity index (χ1n) is 10.2. The molecule has 2 N–H and O–H groups in total. The summed E-state index contributed by atoms with van der Waals surface area (Å²) < 4.78 is 1.77. The number of carbonyl (C=O) groups excluding carboxylic acids is 2. The van der Waals surface area contributed by atoms with Gasteiger partial charge in [-0.25, -0.2) is 4.98 Å². The summed E-state index contributed by atoms with van der Waals surface area (Å²) in [6.07, 6.45) is 3.90. The first-order chi connectivity index (χ1) is 14.5. The minimum atomic E-state index is -0.277. The number of aryl methyl sites for hydroxylation is 2. The van der Waals surface area contributed by atoms with Crippen LogP contribution in [0.1, 0.15) is 57.6 Å². The molecular formula is C22H24N4O3S. The summed E-state index contributed by atoms with van der Waals surface area (Å²) in [5.41, 5.74) is 1.75. The van der Waals surface area contributed by atoms with Gasteiger partial charge in [0.05, 0.1) is 10.3 Å². The van der Waals surface area contributed by atoms with Crippen LogP contribution in [0, 0.1) is 6.92 Å². The van der Waals surface area contributed by atoms with Crippen molar-refractivity contribution in [2.45, 2.75) is 46.1 Å². The lowest BCUT2D eigenvalue weighted by atomic mass is 10.1. The predicted molar refractivity (Wildman–Crippen MR) is 119 cm³/mol. The van der Waals surface area contributed by atoms with Crippen molar-refractivity contribution in [3.63, 3.8) is 0 Å². The number of rotatable bonds is 4. The lowest BCUT2D eigenvalue weighted by Crippen LogP contribution is -2.24. The number of fused-ring (bicyclic) bond motifs is 2. The van der Waals surface area contributed by atoms with Gasteiger partial charge in [-0.1, -0.05) is 6.42 Å². The molecule has 0 saturated carbocycles. The SMILES string of the molecule is CCNC(=O)c1ccc(NC(=O)c2sc3nc4n(c(=O)c3c2C)CCCCC4)cc1. The molecule has 0 spiro atoms. The smallest absolute Gasteiger partial charge is 0.266 e. The molecule has 0 saturated heterocycles. The molecule has 0 unspecified atom stereocenters. The summed E-state index contributed by atoms with van der Waals surface area (Å²) in [7, 11) is 0. The zero-order valence-electron chi connectivity index (χ0n) is 17.1. The van der Waals surface area contributed by atoms with E-state index in [1.807, 2.05) is 6.92 Å². The summed E-state index contributed by atoms with van der Waals surface area (Å²) in [5.74, 6) is 0.391. The fourth-order valence-electron chi connectivity index (χ4n) is 3.78. The molecule has 0 radical (unpaired) electrons. The molecule has 4 rings (SSSR count). The fourth-order valence-corrected chi connectivity index (χ4v) is 4.87. The van der Waals surface area contributed by atoms with Crippen LogP contribution in [0.5, 0.6) is 0 Å². The van der Waals surface area contributed by atoms with Gasteiger partial charge in [-0.15, -0.1) is 11.3 Å². The maximum atomic E-state index is 13.1. The van der Waals surface area contributed by atoms with Crippen LogP contribution in [0.4, 0.5) is 5.69 Å². The number of anilines is 1. The molecule has 0 fully saturated rings. The molecule has 1 aromatic carbocycles. The van der Waals surface area contributed by atoms with Crippen molar-refractivity contribution in [3.8, 4) is 0 Å². The fraction of sp³-hybridized carbons (Fsp3) is 0.364. The Labute approximate surface area is 178 Å². The van der Waals surface area contributed by atoms with Crippen LogP contribution in [0.2, 0.25) is 0 Å². The van der Waals surface area contributed by atoms with Crippen molar-refractivity contribution < 1.29 is 9.59 Å². The molecule has 0 bridgehead atoms. The Morgan fingerprint density at radius 3 is 2.63 bits per heavy atom. The monoisotopic (exact) mass is 424 g/mol. The van der Waals surface area contributed by atoms with Gasteiger partial charge in [0.1, 0.15) is 10.7 Å². The van der Waals surface area contributed by atoms with Gasteiger partial charge in [0, 0.05) is 30.8 Å². The predicted octanol–water partition coefficient (Wildman–Crippen LogP) is 3.49. The Hall–Kier alpha value is -3.00. The van der Waals surface area contributed by atoms with Crippen LogP contribution in [-0.4, -0.2) is 27.9 Å². The number of thiophene rings is 1. The zero-order valence-corrected chi connectivity index (χ0v) is 17.9. The van der Waals surface area contributed by atoms with Crippen molar-refractivity contribution in [1.82, 2.24) is 14.9 Å². The van der Waals surface area contributed by atoms with E-state index >= 15 is 0 Å². The highest BCUT2D eigenvalue weighted by molar-refractivity contribution is 7.20. The molecule has 0 aliphatic carbocycles. The Balaban J connectivity index is 1.62. The number of aromatic nitrogens is 2. The second-order valence-electron chi connectivity index (χ2n) is 7.42. The van der Waals surface area contributed by atoms with Crippen molar-refractivity contribution in [3.05, 3.63) is 56.4 Å². The Morgan fingerprint density at radius 2 is 1.90 bits per heavy atom. The van der Waals surface area contributed by atoms with E-state index in [1.165, 1.54) is 11.3 Å². The normalized spacial score (nSPS) is 13.5. The van der Waals surface area contributed by atoms with E-state index in [1.54, 1.807) is 35.8 Å². The van der Waals surface area contributed by atoms with Crippen molar-refractivity contribution in [2.24, 2.45) is 0 Å². The summed E-state index contributed by atoms with van der Waals surface area (Å²) >= 11 is 1.26. The zero-order chi connectivity index (χ0) is 21.3. The standard InChI is InChI=1S/C22H24N4O3S/c1-3-23-19(27)14-8-10-15(11-9-14)24-20(28)18-13(2)17-21(30-18)25-16-7-5-4-6-12-26(16)22(17)29/h8-11H,3-7,12H2,1-2H3,(H,23,27)(H,24,28). The number of hydrogen-bond acceptors (Lipinski definition) is 5. The average Bonchev–Trinajstić information content (AvgIpc) is 2.90. The number of carbonyl (C=O) groups is 2. The Bertz CT molecular complexity index is 1180. The molecule has 1 aliphatic rings. The van der Waals surface area contributed by atoms with Gasteiger partial charge in [0.15, 0.2) is 0 Å².